The summed E-state index contributed by atoms with van der Waals surface area (Å²) in [4.78, 5) is 23.4. The zero-order chi connectivity index (χ0) is 12.4. The third-order valence-corrected chi connectivity index (χ3v) is 2.25. The summed E-state index contributed by atoms with van der Waals surface area (Å²) >= 11 is 0. The Morgan fingerprint density at radius 3 is 2.59 bits per heavy atom. The van der Waals surface area contributed by atoms with Crippen molar-refractivity contribution < 1.29 is 9.31 Å². The van der Waals surface area contributed by atoms with Gasteiger partial charge >= 0.3 is 0 Å². The Kier molecular flexibility index (Phi) is 2.70. The van der Waals surface area contributed by atoms with Gasteiger partial charge in [0, 0.05) is 23.9 Å². The van der Waals surface area contributed by atoms with Crippen molar-refractivity contribution >= 4 is 5.69 Å². The molecule has 2 aromatic rings. The average molecular weight is 234 g/mol. The summed E-state index contributed by atoms with van der Waals surface area (Å²) in [5, 5.41) is 10.8. The van der Waals surface area contributed by atoms with Crippen molar-refractivity contribution in [2.24, 2.45) is 0 Å². The van der Waals surface area contributed by atoms with Gasteiger partial charge in [-0.1, -0.05) is 0 Å². The minimum absolute atomic E-state index is 0.131. The van der Waals surface area contributed by atoms with Crippen LogP contribution in [0.5, 0.6) is 0 Å². The maximum absolute atomic E-state index is 13.1. The second-order valence-corrected chi connectivity index (χ2v) is 3.36. The number of halogens is 1. The highest BCUT2D eigenvalue weighted by atomic mass is 19.1. The number of benzene rings is 1. The van der Waals surface area contributed by atoms with Gasteiger partial charge in [0.15, 0.2) is 0 Å². The molecule has 6 heteroatoms. The van der Waals surface area contributed by atoms with Crippen molar-refractivity contribution in [3.63, 3.8) is 0 Å². The standard InChI is InChI=1S/C11H7FN2O3/c12-8-2-3-10(14(16)17)9(5-8)7-1-4-11(15)13-6-7/h1-6H,(H,13,15). The highest BCUT2D eigenvalue weighted by molar-refractivity contribution is 5.72. The molecule has 0 aliphatic rings. The molecule has 5 nitrogen and oxygen atoms in total. The summed E-state index contributed by atoms with van der Waals surface area (Å²) in [7, 11) is 0. The molecule has 0 unspecified atom stereocenters. The Labute approximate surface area is 94.7 Å². The highest BCUT2D eigenvalue weighted by Crippen LogP contribution is 2.29. The molecule has 0 spiro atoms. The van der Waals surface area contributed by atoms with E-state index in [2.05, 4.69) is 4.98 Å². The zero-order valence-electron chi connectivity index (χ0n) is 8.51. The molecule has 1 N–H and O–H groups in total. The molecule has 0 saturated heterocycles. The molecule has 1 heterocycles. The van der Waals surface area contributed by atoms with Crippen molar-refractivity contribution in [3.05, 3.63) is 62.8 Å². The number of hydrogen-bond donors (Lipinski definition) is 1. The molecule has 86 valence electrons. The van der Waals surface area contributed by atoms with Crippen LogP contribution in [0.4, 0.5) is 10.1 Å². The van der Waals surface area contributed by atoms with Gasteiger partial charge < -0.3 is 4.98 Å². The van der Waals surface area contributed by atoms with E-state index in [0.29, 0.717) is 5.56 Å². The molecular formula is C11H7FN2O3. The number of nitro benzene ring substituents is 1. The van der Waals surface area contributed by atoms with E-state index in [0.717, 1.165) is 18.2 Å². The molecule has 0 fully saturated rings. The van der Waals surface area contributed by atoms with Crippen LogP contribution < -0.4 is 5.56 Å². The minimum Gasteiger partial charge on any atom is -0.328 e. The predicted octanol–water partition coefficient (Wildman–Crippen LogP) is 2.09. The van der Waals surface area contributed by atoms with Gasteiger partial charge in [0.2, 0.25) is 5.56 Å². The zero-order valence-corrected chi connectivity index (χ0v) is 8.51. The van der Waals surface area contributed by atoms with Gasteiger partial charge in [0.1, 0.15) is 5.82 Å². The maximum Gasteiger partial charge on any atom is 0.277 e. The fraction of sp³-hybridized carbons (Fsp3) is 0. The average Bonchev–Trinajstić information content (AvgIpc) is 2.29. The predicted molar refractivity (Wildman–Crippen MR) is 59.1 cm³/mol. The van der Waals surface area contributed by atoms with Crippen LogP contribution in [0.1, 0.15) is 0 Å². The number of H-pyrrole nitrogens is 1. The number of aromatic amines is 1. The van der Waals surface area contributed by atoms with Crippen LogP contribution in [0, 0.1) is 15.9 Å². The molecule has 0 atom stereocenters. The van der Waals surface area contributed by atoms with Crippen molar-refractivity contribution in [2.75, 3.05) is 0 Å². The summed E-state index contributed by atoms with van der Waals surface area (Å²) in [5.41, 5.74) is -0.0201. The largest absolute Gasteiger partial charge is 0.328 e. The molecule has 0 saturated carbocycles. The minimum atomic E-state index is -0.597. The lowest BCUT2D eigenvalue weighted by Gasteiger charge is -2.02. The Balaban J connectivity index is 2.64. The third-order valence-electron chi connectivity index (χ3n) is 2.25. The van der Waals surface area contributed by atoms with E-state index >= 15 is 0 Å². The van der Waals surface area contributed by atoms with Gasteiger partial charge in [0.25, 0.3) is 5.69 Å². The van der Waals surface area contributed by atoms with Crippen LogP contribution in [-0.4, -0.2) is 9.91 Å². The van der Waals surface area contributed by atoms with E-state index in [1.807, 2.05) is 0 Å². The number of nitrogens with zero attached hydrogens (tertiary/aromatic N) is 1. The maximum atomic E-state index is 13.1. The van der Waals surface area contributed by atoms with Crippen LogP contribution in [0.15, 0.2) is 41.3 Å². The summed E-state index contributed by atoms with van der Waals surface area (Å²) in [6, 6.07) is 5.81. The van der Waals surface area contributed by atoms with Gasteiger partial charge in [-0.05, 0) is 18.2 Å². The first-order chi connectivity index (χ1) is 8.08. The monoisotopic (exact) mass is 234 g/mol. The Bertz CT molecular complexity index is 616. The first-order valence-corrected chi connectivity index (χ1v) is 4.71. The smallest absolute Gasteiger partial charge is 0.277 e. The molecule has 0 aliphatic heterocycles. The Morgan fingerprint density at radius 1 is 1.24 bits per heavy atom. The molecule has 0 bridgehead atoms. The van der Waals surface area contributed by atoms with E-state index < -0.39 is 10.7 Å². The molecule has 17 heavy (non-hydrogen) atoms. The van der Waals surface area contributed by atoms with Crippen LogP contribution in [-0.2, 0) is 0 Å². The number of nitro groups is 1. The summed E-state index contributed by atoms with van der Waals surface area (Å²) in [6.45, 7) is 0. The van der Waals surface area contributed by atoms with Gasteiger partial charge in [-0.15, -0.1) is 0 Å². The lowest BCUT2D eigenvalue weighted by molar-refractivity contribution is -0.384. The molecule has 0 aliphatic carbocycles. The van der Waals surface area contributed by atoms with Gasteiger partial charge in [-0.25, -0.2) is 4.39 Å². The van der Waals surface area contributed by atoms with Crippen LogP contribution in [0.2, 0.25) is 0 Å². The Hall–Kier alpha value is -2.50. The van der Waals surface area contributed by atoms with Crippen LogP contribution in [0.3, 0.4) is 0 Å². The first-order valence-electron chi connectivity index (χ1n) is 4.71. The van der Waals surface area contributed by atoms with E-state index in [-0.39, 0.29) is 16.8 Å². The lowest BCUT2D eigenvalue weighted by Crippen LogP contribution is -2.02. The van der Waals surface area contributed by atoms with Crippen molar-refractivity contribution in [1.82, 2.24) is 4.98 Å². The second-order valence-electron chi connectivity index (χ2n) is 3.36. The molecule has 2 rings (SSSR count). The van der Waals surface area contributed by atoms with Crippen molar-refractivity contribution in [3.8, 4) is 11.1 Å². The fourth-order valence-corrected chi connectivity index (χ4v) is 1.48. The molecule has 0 amide bonds. The van der Waals surface area contributed by atoms with Gasteiger partial charge in [-0.3, -0.25) is 14.9 Å². The number of aromatic nitrogens is 1. The SMILES string of the molecule is O=c1ccc(-c2cc(F)ccc2[N+](=O)[O-])c[nH]1. The van der Waals surface area contributed by atoms with Gasteiger partial charge in [0.05, 0.1) is 10.5 Å². The molecular weight excluding hydrogens is 227 g/mol. The highest BCUT2D eigenvalue weighted by Gasteiger charge is 2.15. The van der Waals surface area contributed by atoms with E-state index in [9.17, 15) is 19.3 Å². The van der Waals surface area contributed by atoms with Gasteiger partial charge in [-0.2, -0.15) is 0 Å². The fourth-order valence-electron chi connectivity index (χ4n) is 1.48. The molecule has 1 aromatic heterocycles. The number of rotatable bonds is 2. The van der Waals surface area contributed by atoms with Crippen LogP contribution in [0.25, 0.3) is 11.1 Å². The molecule has 0 radical (unpaired) electrons. The van der Waals surface area contributed by atoms with Crippen molar-refractivity contribution in [2.45, 2.75) is 0 Å². The van der Waals surface area contributed by atoms with Crippen molar-refractivity contribution in [1.29, 1.82) is 0 Å². The molecule has 1 aromatic carbocycles. The lowest BCUT2D eigenvalue weighted by atomic mass is 10.1. The summed E-state index contributed by atoms with van der Waals surface area (Å²) in [6.07, 6.45) is 1.31. The third kappa shape index (κ3) is 2.20. The Morgan fingerprint density at radius 2 is 2.00 bits per heavy atom. The number of hydrogen-bond acceptors (Lipinski definition) is 3. The topological polar surface area (TPSA) is 76.0 Å². The van der Waals surface area contributed by atoms with E-state index in [1.54, 1.807) is 0 Å². The van der Waals surface area contributed by atoms with E-state index in [4.69, 9.17) is 0 Å². The first kappa shape index (κ1) is 11.0. The number of pyridine rings is 1. The quantitative estimate of drug-likeness (QED) is 0.638. The summed E-state index contributed by atoms with van der Waals surface area (Å²) < 4.78 is 13.1. The summed E-state index contributed by atoms with van der Waals surface area (Å²) in [5.74, 6) is -0.572. The van der Waals surface area contributed by atoms with Crippen LogP contribution >= 0.6 is 0 Å². The van der Waals surface area contributed by atoms with E-state index in [1.165, 1.54) is 18.3 Å². The second kappa shape index (κ2) is 4.17. The number of nitrogens with one attached hydrogen (secondary N) is 1. The normalized spacial score (nSPS) is 10.2.